The van der Waals surface area contributed by atoms with Gasteiger partial charge < -0.3 is 10.6 Å². The molecule has 42 heavy (non-hydrogen) atoms. The Kier molecular flexibility index (Phi) is 8.87. The summed E-state index contributed by atoms with van der Waals surface area (Å²) in [6.45, 7) is 10.3. The summed E-state index contributed by atoms with van der Waals surface area (Å²) in [7, 11) is -3.54. The van der Waals surface area contributed by atoms with Crippen LogP contribution in [-0.4, -0.2) is 26.5 Å². The fourth-order valence-corrected chi connectivity index (χ4v) is 5.69. The molecular formula is C34H37N3O4S. The smallest absolute Gasteiger partial charge is 0.255 e. The lowest BCUT2D eigenvalue weighted by Crippen LogP contribution is -2.30. The number of rotatable bonds is 8. The Bertz CT molecular complexity index is 1690. The third kappa shape index (κ3) is 7.44. The van der Waals surface area contributed by atoms with Gasteiger partial charge in [0.15, 0.2) is 0 Å². The maximum Gasteiger partial charge on any atom is 0.255 e. The lowest BCUT2D eigenvalue weighted by atomic mass is 9.87. The van der Waals surface area contributed by atoms with E-state index in [4.69, 9.17) is 0 Å². The fraction of sp³-hybridized carbons (Fsp3) is 0.235. The Labute approximate surface area is 248 Å². The molecule has 0 bridgehead atoms. The van der Waals surface area contributed by atoms with Gasteiger partial charge in [0.25, 0.3) is 11.8 Å². The Morgan fingerprint density at radius 1 is 0.714 bits per heavy atom. The second kappa shape index (κ2) is 12.2. The van der Waals surface area contributed by atoms with E-state index in [0.717, 1.165) is 22.3 Å². The van der Waals surface area contributed by atoms with Crippen LogP contribution in [0, 0.1) is 13.8 Å². The molecule has 0 unspecified atom stereocenters. The number of carbonyl (C=O) groups is 2. The predicted molar refractivity (Wildman–Crippen MR) is 171 cm³/mol. The van der Waals surface area contributed by atoms with Crippen LogP contribution in [-0.2, 0) is 22.0 Å². The van der Waals surface area contributed by atoms with Crippen molar-refractivity contribution in [3.05, 3.63) is 124 Å². The van der Waals surface area contributed by atoms with Gasteiger partial charge in [-0.05, 0) is 84.0 Å². The number of sulfonamides is 1. The summed E-state index contributed by atoms with van der Waals surface area (Å²) in [5.41, 5.74) is 6.35. The lowest BCUT2D eigenvalue weighted by molar-refractivity contribution is 0.101. The Hall–Kier alpha value is -4.43. The highest BCUT2D eigenvalue weighted by Crippen LogP contribution is 2.29. The molecule has 0 radical (unpaired) electrons. The van der Waals surface area contributed by atoms with Crippen LogP contribution in [0.2, 0.25) is 0 Å². The second-order valence-electron chi connectivity index (χ2n) is 11.5. The standard InChI is InChI=1S/C34H37N3O4S/c1-23-9-7-10-24(2)31(23)37(42(6,40)41)22-25-13-15-26(16-14-25)32(38)35-29-11-8-12-30(21-29)36-33(39)27-17-19-28(20-18-27)34(3,4)5/h7-21H,22H2,1-6H3,(H,35,38)(H,36,39). The average molecular weight is 584 g/mol. The first-order valence-corrected chi connectivity index (χ1v) is 15.5. The quantitative estimate of drug-likeness (QED) is 0.232. The highest BCUT2D eigenvalue weighted by Gasteiger charge is 2.22. The third-order valence-electron chi connectivity index (χ3n) is 7.02. The molecular weight excluding hydrogens is 546 g/mol. The van der Waals surface area contributed by atoms with E-state index in [1.165, 1.54) is 10.6 Å². The molecule has 0 fully saturated rings. The topological polar surface area (TPSA) is 95.6 Å². The highest BCUT2D eigenvalue weighted by molar-refractivity contribution is 7.92. The van der Waals surface area contributed by atoms with Crippen LogP contribution in [0.15, 0.2) is 91.0 Å². The molecule has 0 aromatic heterocycles. The van der Waals surface area contributed by atoms with E-state index < -0.39 is 10.0 Å². The van der Waals surface area contributed by atoms with E-state index >= 15 is 0 Å². The van der Waals surface area contributed by atoms with Crippen LogP contribution in [0.4, 0.5) is 17.1 Å². The van der Waals surface area contributed by atoms with E-state index in [0.29, 0.717) is 28.2 Å². The predicted octanol–water partition coefficient (Wildman–Crippen LogP) is 7.07. The van der Waals surface area contributed by atoms with Crippen LogP contribution in [0.3, 0.4) is 0 Å². The number of benzene rings is 4. The SMILES string of the molecule is Cc1cccc(C)c1N(Cc1ccc(C(=O)Nc2cccc(NC(=O)c3ccc(C(C)(C)C)cc3)c2)cc1)S(C)(=O)=O. The zero-order chi connectivity index (χ0) is 30.7. The second-order valence-corrected chi connectivity index (χ2v) is 13.4. The molecule has 4 aromatic rings. The van der Waals surface area contributed by atoms with Gasteiger partial charge >= 0.3 is 0 Å². The number of nitrogens with one attached hydrogen (secondary N) is 2. The lowest BCUT2D eigenvalue weighted by Gasteiger charge is -2.26. The Balaban J connectivity index is 1.43. The van der Waals surface area contributed by atoms with Gasteiger partial charge in [-0.1, -0.05) is 69.3 Å². The van der Waals surface area contributed by atoms with Crippen molar-refractivity contribution in [2.24, 2.45) is 0 Å². The molecule has 7 nitrogen and oxygen atoms in total. The van der Waals surface area contributed by atoms with Crippen molar-refractivity contribution in [1.82, 2.24) is 0 Å². The van der Waals surface area contributed by atoms with Gasteiger partial charge in [-0.2, -0.15) is 0 Å². The van der Waals surface area contributed by atoms with Gasteiger partial charge in [0.05, 0.1) is 18.5 Å². The zero-order valence-corrected chi connectivity index (χ0v) is 25.7. The minimum Gasteiger partial charge on any atom is -0.322 e. The van der Waals surface area contributed by atoms with Gasteiger partial charge in [-0.15, -0.1) is 0 Å². The monoisotopic (exact) mass is 583 g/mol. The van der Waals surface area contributed by atoms with Gasteiger partial charge in [0, 0.05) is 22.5 Å². The number of carbonyl (C=O) groups excluding carboxylic acids is 2. The van der Waals surface area contributed by atoms with Crippen molar-refractivity contribution in [3.8, 4) is 0 Å². The molecule has 218 valence electrons. The van der Waals surface area contributed by atoms with Crippen LogP contribution in [0.1, 0.15) is 63.7 Å². The number of para-hydroxylation sites is 1. The molecule has 0 heterocycles. The van der Waals surface area contributed by atoms with Crippen molar-refractivity contribution in [1.29, 1.82) is 0 Å². The van der Waals surface area contributed by atoms with E-state index in [1.807, 2.05) is 56.3 Å². The largest absolute Gasteiger partial charge is 0.322 e. The highest BCUT2D eigenvalue weighted by atomic mass is 32.2. The number of hydrogen-bond donors (Lipinski definition) is 2. The van der Waals surface area contributed by atoms with Gasteiger partial charge in [-0.3, -0.25) is 13.9 Å². The molecule has 0 spiro atoms. The van der Waals surface area contributed by atoms with Crippen LogP contribution in [0.25, 0.3) is 0 Å². The third-order valence-corrected chi connectivity index (χ3v) is 8.14. The summed E-state index contributed by atoms with van der Waals surface area (Å²) in [6, 6.07) is 27.0. The number of hydrogen-bond acceptors (Lipinski definition) is 4. The number of anilines is 3. The van der Waals surface area contributed by atoms with Crippen molar-refractivity contribution < 1.29 is 18.0 Å². The molecule has 2 N–H and O–H groups in total. The first-order valence-electron chi connectivity index (χ1n) is 13.7. The number of aryl methyl sites for hydroxylation is 2. The van der Waals surface area contributed by atoms with Crippen molar-refractivity contribution >= 4 is 38.9 Å². The summed E-state index contributed by atoms with van der Waals surface area (Å²) >= 11 is 0. The average Bonchev–Trinajstić information content (AvgIpc) is 2.92. The molecule has 0 aliphatic heterocycles. The zero-order valence-electron chi connectivity index (χ0n) is 24.9. The van der Waals surface area contributed by atoms with Crippen LogP contribution < -0.4 is 14.9 Å². The van der Waals surface area contributed by atoms with Crippen molar-refractivity contribution in [2.75, 3.05) is 21.2 Å². The summed E-state index contributed by atoms with van der Waals surface area (Å²) in [4.78, 5) is 25.8. The molecule has 0 aliphatic carbocycles. The molecule has 2 amide bonds. The van der Waals surface area contributed by atoms with Gasteiger partial charge in [0.2, 0.25) is 10.0 Å². The van der Waals surface area contributed by atoms with Crippen molar-refractivity contribution in [2.45, 2.75) is 46.6 Å². The molecule has 0 saturated heterocycles. The number of amides is 2. The van der Waals surface area contributed by atoms with E-state index in [9.17, 15) is 18.0 Å². The van der Waals surface area contributed by atoms with Crippen LogP contribution >= 0.6 is 0 Å². The van der Waals surface area contributed by atoms with E-state index in [2.05, 4.69) is 31.4 Å². The maximum absolute atomic E-state index is 13.0. The minimum absolute atomic E-state index is 0.00121. The normalized spacial score (nSPS) is 11.6. The Morgan fingerprint density at radius 3 is 1.62 bits per heavy atom. The molecule has 0 atom stereocenters. The fourth-order valence-electron chi connectivity index (χ4n) is 4.69. The minimum atomic E-state index is -3.54. The molecule has 0 aliphatic rings. The van der Waals surface area contributed by atoms with Gasteiger partial charge in [0.1, 0.15) is 0 Å². The molecule has 8 heteroatoms. The first kappa shape index (κ1) is 30.5. The molecule has 4 rings (SSSR count). The first-order chi connectivity index (χ1) is 19.7. The maximum atomic E-state index is 13.0. The molecule has 0 saturated carbocycles. The summed E-state index contributed by atoms with van der Waals surface area (Å²) in [5.74, 6) is -0.559. The number of nitrogens with zero attached hydrogens (tertiary/aromatic N) is 1. The summed E-state index contributed by atoms with van der Waals surface area (Å²) in [6.07, 6.45) is 1.19. The Morgan fingerprint density at radius 2 is 1.17 bits per heavy atom. The summed E-state index contributed by atoms with van der Waals surface area (Å²) < 4.78 is 26.8. The summed E-state index contributed by atoms with van der Waals surface area (Å²) in [5, 5.41) is 5.75. The molecule has 4 aromatic carbocycles. The van der Waals surface area contributed by atoms with Crippen molar-refractivity contribution in [3.63, 3.8) is 0 Å². The van der Waals surface area contributed by atoms with E-state index in [1.54, 1.807) is 48.5 Å². The van der Waals surface area contributed by atoms with Crippen LogP contribution in [0.5, 0.6) is 0 Å². The van der Waals surface area contributed by atoms with E-state index in [-0.39, 0.29) is 23.8 Å². The van der Waals surface area contributed by atoms with Gasteiger partial charge in [-0.25, -0.2) is 8.42 Å².